The SMILES string of the molecule is CC(C)N1C[C@@H]2C(C(=O)O)[C@@H]2C1. The summed E-state index contributed by atoms with van der Waals surface area (Å²) in [6, 6.07) is 0.576. The molecule has 2 rings (SSSR count). The Labute approximate surface area is 72.4 Å². The van der Waals surface area contributed by atoms with Gasteiger partial charge in [-0.1, -0.05) is 0 Å². The quantitative estimate of drug-likeness (QED) is 0.660. The largest absolute Gasteiger partial charge is 0.481 e. The Morgan fingerprint density at radius 3 is 2.25 bits per heavy atom. The van der Waals surface area contributed by atoms with E-state index in [4.69, 9.17) is 5.11 Å². The van der Waals surface area contributed by atoms with Crippen molar-refractivity contribution in [3.63, 3.8) is 0 Å². The average Bonchev–Trinajstić information content (AvgIpc) is 2.48. The third-order valence-electron chi connectivity index (χ3n) is 3.24. The molecular weight excluding hydrogens is 154 g/mol. The maximum absolute atomic E-state index is 10.6. The van der Waals surface area contributed by atoms with Crippen molar-refractivity contribution in [3.8, 4) is 0 Å². The molecule has 12 heavy (non-hydrogen) atoms. The van der Waals surface area contributed by atoms with Gasteiger partial charge in [-0.2, -0.15) is 0 Å². The summed E-state index contributed by atoms with van der Waals surface area (Å²) in [5.74, 6) is 0.322. The molecule has 1 aliphatic carbocycles. The summed E-state index contributed by atoms with van der Waals surface area (Å²) >= 11 is 0. The summed E-state index contributed by atoms with van der Waals surface area (Å²) in [5, 5.41) is 8.77. The van der Waals surface area contributed by atoms with Gasteiger partial charge in [0.15, 0.2) is 0 Å². The number of nitrogens with zero attached hydrogens (tertiary/aromatic N) is 1. The van der Waals surface area contributed by atoms with Crippen LogP contribution in [-0.4, -0.2) is 35.1 Å². The number of rotatable bonds is 2. The molecule has 0 aromatic heterocycles. The maximum Gasteiger partial charge on any atom is 0.307 e. The Morgan fingerprint density at radius 2 is 1.92 bits per heavy atom. The van der Waals surface area contributed by atoms with Crippen LogP contribution in [0.2, 0.25) is 0 Å². The lowest BCUT2D eigenvalue weighted by Gasteiger charge is -2.22. The van der Waals surface area contributed by atoms with Crippen LogP contribution in [0, 0.1) is 17.8 Å². The maximum atomic E-state index is 10.6. The van der Waals surface area contributed by atoms with Crippen molar-refractivity contribution in [1.29, 1.82) is 0 Å². The summed E-state index contributed by atoms with van der Waals surface area (Å²) in [4.78, 5) is 13.0. The molecule has 2 fully saturated rings. The second kappa shape index (κ2) is 2.46. The van der Waals surface area contributed by atoms with Crippen LogP contribution in [0.3, 0.4) is 0 Å². The van der Waals surface area contributed by atoms with Gasteiger partial charge < -0.3 is 10.0 Å². The molecule has 1 unspecified atom stereocenters. The van der Waals surface area contributed by atoms with Gasteiger partial charge in [0.2, 0.25) is 0 Å². The van der Waals surface area contributed by atoms with Gasteiger partial charge in [0.1, 0.15) is 0 Å². The molecule has 0 bridgehead atoms. The lowest BCUT2D eigenvalue weighted by Crippen LogP contribution is -2.32. The van der Waals surface area contributed by atoms with Gasteiger partial charge in [-0.3, -0.25) is 4.79 Å². The minimum Gasteiger partial charge on any atom is -0.481 e. The lowest BCUT2D eigenvalue weighted by molar-refractivity contribution is -0.139. The van der Waals surface area contributed by atoms with E-state index in [-0.39, 0.29) is 5.92 Å². The molecule has 2 aliphatic rings. The van der Waals surface area contributed by atoms with Crippen LogP contribution in [0.1, 0.15) is 13.8 Å². The summed E-state index contributed by atoms with van der Waals surface area (Å²) < 4.78 is 0. The molecule has 0 aromatic rings. The van der Waals surface area contributed by atoms with Crippen LogP contribution < -0.4 is 0 Å². The fourth-order valence-electron chi connectivity index (χ4n) is 2.35. The molecule has 3 atom stereocenters. The molecule has 0 spiro atoms. The molecule has 68 valence electrons. The van der Waals surface area contributed by atoms with Crippen LogP contribution in [0.5, 0.6) is 0 Å². The van der Waals surface area contributed by atoms with E-state index in [1.165, 1.54) is 0 Å². The first-order valence-electron chi connectivity index (χ1n) is 4.58. The second-order valence-electron chi connectivity index (χ2n) is 4.24. The molecule has 1 heterocycles. The molecule has 1 aliphatic heterocycles. The van der Waals surface area contributed by atoms with Crippen LogP contribution in [0.15, 0.2) is 0 Å². The number of fused-ring (bicyclic) bond motifs is 1. The van der Waals surface area contributed by atoms with Crippen molar-refractivity contribution < 1.29 is 9.90 Å². The van der Waals surface area contributed by atoms with E-state index < -0.39 is 5.97 Å². The topological polar surface area (TPSA) is 40.5 Å². The third-order valence-corrected chi connectivity index (χ3v) is 3.24. The number of piperidine rings is 1. The first-order valence-corrected chi connectivity index (χ1v) is 4.58. The first-order chi connectivity index (χ1) is 5.61. The second-order valence-corrected chi connectivity index (χ2v) is 4.24. The number of aliphatic carboxylic acids is 1. The van der Waals surface area contributed by atoms with E-state index in [1.807, 2.05) is 0 Å². The Balaban J connectivity index is 1.90. The van der Waals surface area contributed by atoms with Crippen LogP contribution >= 0.6 is 0 Å². The van der Waals surface area contributed by atoms with E-state index in [9.17, 15) is 4.79 Å². The van der Waals surface area contributed by atoms with Crippen molar-refractivity contribution in [2.75, 3.05) is 13.1 Å². The molecule has 3 heteroatoms. The van der Waals surface area contributed by atoms with E-state index in [1.54, 1.807) is 0 Å². The fourth-order valence-corrected chi connectivity index (χ4v) is 2.35. The number of carbonyl (C=O) groups is 1. The Kier molecular flexibility index (Phi) is 1.65. The summed E-state index contributed by atoms with van der Waals surface area (Å²) in [7, 11) is 0. The Morgan fingerprint density at radius 1 is 1.42 bits per heavy atom. The zero-order chi connectivity index (χ0) is 8.88. The van der Waals surface area contributed by atoms with Crippen molar-refractivity contribution >= 4 is 5.97 Å². The predicted molar refractivity (Wildman–Crippen MR) is 44.8 cm³/mol. The van der Waals surface area contributed by atoms with E-state index in [0.717, 1.165) is 13.1 Å². The first kappa shape index (κ1) is 8.05. The monoisotopic (exact) mass is 169 g/mol. The van der Waals surface area contributed by atoms with Gasteiger partial charge in [0.25, 0.3) is 0 Å². The van der Waals surface area contributed by atoms with E-state index in [2.05, 4.69) is 18.7 Å². The van der Waals surface area contributed by atoms with Crippen molar-refractivity contribution in [3.05, 3.63) is 0 Å². The molecule has 1 saturated carbocycles. The Hall–Kier alpha value is -0.570. The predicted octanol–water partition coefficient (Wildman–Crippen LogP) is 0.657. The molecule has 0 aromatic carbocycles. The summed E-state index contributed by atoms with van der Waals surface area (Å²) in [5.41, 5.74) is 0. The smallest absolute Gasteiger partial charge is 0.307 e. The molecule has 0 radical (unpaired) electrons. The average molecular weight is 169 g/mol. The number of hydrogen-bond acceptors (Lipinski definition) is 2. The standard InChI is InChI=1S/C9H15NO2/c1-5(2)10-3-6-7(4-10)8(6)9(11)12/h5-8H,3-4H2,1-2H3,(H,11,12)/t6-,7+,8?. The lowest BCUT2D eigenvalue weighted by atomic mass is 10.2. The highest BCUT2D eigenvalue weighted by Crippen LogP contribution is 2.52. The number of hydrogen-bond donors (Lipinski definition) is 1. The Bertz CT molecular complexity index is 203. The molecule has 0 amide bonds. The zero-order valence-electron chi connectivity index (χ0n) is 7.53. The normalized spacial score (nSPS) is 40.1. The summed E-state index contributed by atoms with van der Waals surface area (Å²) in [6.45, 7) is 6.33. The van der Waals surface area contributed by atoms with Gasteiger partial charge in [-0.15, -0.1) is 0 Å². The van der Waals surface area contributed by atoms with E-state index >= 15 is 0 Å². The van der Waals surface area contributed by atoms with Crippen LogP contribution in [0.25, 0.3) is 0 Å². The highest BCUT2D eigenvalue weighted by Gasteiger charge is 2.59. The van der Waals surface area contributed by atoms with Crippen molar-refractivity contribution in [1.82, 2.24) is 4.90 Å². The highest BCUT2D eigenvalue weighted by molar-refractivity contribution is 5.74. The van der Waals surface area contributed by atoms with Crippen molar-refractivity contribution in [2.45, 2.75) is 19.9 Å². The van der Waals surface area contributed by atoms with Gasteiger partial charge in [0, 0.05) is 19.1 Å². The van der Waals surface area contributed by atoms with Crippen LogP contribution in [0.4, 0.5) is 0 Å². The molecular formula is C9H15NO2. The van der Waals surface area contributed by atoms with Crippen molar-refractivity contribution in [2.24, 2.45) is 17.8 Å². The highest BCUT2D eigenvalue weighted by atomic mass is 16.4. The van der Waals surface area contributed by atoms with Gasteiger partial charge >= 0.3 is 5.97 Å². The van der Waals surface area contributed by atoms with E-state index in [0.29, 0.717) is 17.9 Å². The third kappa shape index (κ3) is 1.04. The fraction of sp³-hybridized carbons (Fsp3) is 0.889. The van der Waals surface area contributed by atoms with Gasteiger partial charge in [0.05, 0.1) is 5.92 Å². The number of carboxylic acid groups (broad SMARTS) is 1. The van der Waals surface area contributed by atoms with Gasteiger partial charge in [-0.25, -0.2) is 0 Å². The molecule has 1 saturated heterocycles. The minimum absolute atomic E-state index is 0.0139. The zero-order valence-corrected chi connectivity index (χ0v) is 7.53. The minimum atomic E-state index is -0.589. The van der Waals surface area contributed by atoms with Crippen LogP contribution in [-0.2, 0) is 4.79 Å². The van der Waals surface area contributed by atoms with Gasteiger partial charge in [-0.05, 0) is 25.7 Å². The number of carboxylic acids is 1. The molecule has 3 nitrogen and oxygen atoms in total. The molecule has 1 N–H and O–H groups in total. The number of likely N-dealkylation sites (tertiary alicyclic amines) is 1. The summed E-state index contributed by atoms with van der Waals surface area (Å²) in [6.07, 6.45) is 0.